The van der Waals surface area contributed by atoms with Crippen LogP contribution < -0.4 is 0 Å². The van der Waals surface area contributed by atoms with Gasteiger partial charge in [-0.25, -0.2) is 0 Å². The van der Waals surface area contributed by atoms with Gasteiger partial charge in [0.1, 0.15) is 0 Å². The minimum atomic E-state index is 0.0929. The monoisotopic (exact) mass is 182 g/mol. The number of allylic oxidation sites excluding steroid dienone is 1. The van der Waals surface area contributed by atoms with Gasteiger partial charge in [0, 0.05) is 18.9 Å². The van der Waals surface area contributed by atoms with Gasteiger partial charge in [0.05, 0.1) is 6.61 Å². The van der Waals surface area contributed by atoms with Gasteiger partial charge in [-0.2, -0.15) is 0 Å². The molecule has 1 aliphatic heterocycles. The molecule has 1 aliphatic carbocycles. The van der Waals surface area contributed by atoms with Crippen molar-refractivity contribution in [2.75, 3.05) is 13.2 Å². The Morgan fingerprint density at radius 1 is 1.31 bits per heavy atom. The minimum absolute atomic E-state index is 0.0929. The summed E-state index contributed by atoms with van der Waals surface area (Å²) in [6.07, 6.45) is 10.7. The van der Waals surface area contributed by atoms with Crippen LogP contribution in [0.15, 0.2) is 12.2 Å². The smallest absolute Gasteiger partial charge is 0.157 e. The molecule has 2 rings (SSSR count). The van der Waals surface area contributed by atoms with E-state index >= 15 is 0 Å². The van der Waals surface area contributed by atoms with Gasteiger partial charge in [-0.05, 0) is 25.7 Å². The molecule has 0 amide bonds. The highest BCUT2D eigenvalue weighted by molar-refractivity contribution is 4.92. The average Bonchev–Trinajstić information content (AvgIpc) is 2.69. The number of ether oxygens (including phenoxy) is 2. The van der Waals surface area contributed by atoms with E-state index in [9.17, 15) is 0 Å². The van der Waals surface area contributed by atoms with Gasteiger partial charge in [0.25, 0.3) is 0 Å². The van der Waals surface area contributed by atoms with Crippen LogP contribution in [0.2, 0.25) is 0 Å². The predicted molar refractivity (Wildman–Crippen MR) is 51.4 cm³/mol. The lowest BCUT2D eigenvalue weighted by molar-refractivity contribution is -0.117. The zero-order valence-corrected chi connectivity index (χ0v) is 8.08. The summed E-state index contributed by atoms with van der Waals surface area (Å²) in [5.74, 6) is 0.637. The molecular weight excluding hydrogens is 164 g/mol. The Bertz CT molecular complexity index is 171. The Morgan fingerprint density at radius 2 is 2.31 bits per heavy atom. The molecule has 2 nitrogen and oxygen atoms in total. The summed E-state index contributed by atoms with van der Waals surface area (Å²) < 4.78 is 11.1. The maximum atomic E-state index is 5.67. The van der Waals surface area contributed by atoms with Crippen LogP contribution >= 0.6 is 0 Å². The number of rotatable bonds is 3. The van der Waals surface area contributed by atoms with E-state index in [0.29, 0.717) is 5.92 Å². The van der Waals surface area contributed by atoms with Crippen molar-refractivity contribution in [3.63, 3.8) is 0 Å². The SMILES string of the molecule is C1=CC(COC2CCCO2)CCC1. The second-order valence-corrected chi connectivity index (χ2v) is 3.90. The molecule has 0 saturated carbocycles. The molecule has 2 atom stereocenters. The lowest BCUT2D eigenvalue weighted by Crippen LogP contribution is -2.17. The van der Waals surface area contributed by atoms with Crippen LogP contribution in [0.4, 0.5) is 0 Å². The van der Waals surface area contributed by atoms with Crippen molar-refractivity contribution < 1.29 is 9.47 Å². The Balaban J connectivity index is 1.66. The normalized spacial score (nSPS) is 33.8. The molecule has 0 aromatic heterocycles. The topological polar surface area (TPSA) is 18.5 Å². The van der Waals surface area contributed by atoms with Crippen LogP contribution in [0.5, 0.6) is 0 Å². The Morgan fingerprint density at radius 3 is 3.00 bits per heavy atom. The lowest BCUT2D eigenvalue weighted by atomic mass is 9.97. The molecule has 13 heavy (non-hydrogen) atoms. The van der Waals surface area contributed by atoms with Crippen LogP contribution in [-0.4, -0.2) is 19.5 Å². The van der Waals surface area contributed by atoms with Gasteiger partial charge >= 0.3 is 0 Å². The van der Waals surface area contributed by atoms with E-state index in [0.717, 1.165) is 26.1 Å². The summed E-state index contributed by atoms with van der Waals surface area (Å²) in [7, 11) is 0. The zero-order valence-electron chi connectivity index (χ0n) is 8.08. The first-order chi connectivity index (χ1) is 6.45. The molecule has 2 heteroatoms. The molecule has 0 N–H and O–H groups in total. The average molecular weight is 182 g/mol. The molecule has 0 radical (unpaired) electrons. The van der Waals surface area contributed by atoms with Crippen molar-refractivity contribution in [1.82, 2.24) is 0 Å². The van der Waals surface area contributed by atoms with Gasteiger partial charge in [-0.1, -0.05) is 12.2 Å². The lowest BCUT2D eigenvalue weighted by Gasteiger charge is -2.18. The molecule has 1 heterocycles. The van der Waals surface area contributed by atoms with Crippen LogP contribution in [0.1, 0.15) is 32.1 Å². The third kappa shape index (κ3) is 2.82. The van der Waals surface area contributed by atoms with Crippen LogP contribution in [-0.2, 0) is 9.47 Å². The molecule has 2 aliphatic rings. The fourth-order valence-corrected chi connectivity index (χ4v) is 1.93. The predicted octanol–water partition coefficient (Wildman–Crippen LogP) is 2.50. The third-order valence-corrected chi connectivity index (χ3v) is 2.74. The molecule has 0 bridgehead atoms. The Hall–Kier alpha value is -0.340. The molecule has 74 valence electrons. The molecule has 1 fully saturated rings. The van der Waals surface area contributed by atoms with Gasteiger partial charge in [0.15, 0.2) is 6.29 Å². The molecule has 0 aromatic rings. The first kappa shape index (κ1) is 9.22. The van der Waals surface area contributed by atoms with Gasteiger partial charge < -0.3 is 9.47 Å². The van der Waals surface area contributed by atoms with Gasteiger partial charge in [-0.3, -0.25) is 0 Å². The van der Waals surface area contributed by atoms with Crippen molar-refractivity contribution in [3.05, 3.63) is 12.2 Å². The second kappa shape index (κ2) is 4.77. The summed E-state index contributed by atoms with van der Waals surface area (Å²) in [6, 6.07) is 0. The van der Waals surface area contributed by atoms with E-state index in [4.69, 9.17) is 9.47 Å². The fourth-order valence-electron chi connectivity index (χ4n) is 1.93. The molecule has 0 spiro atoms. The van der Waals surface area contributed by atoms with Crippen molar-refractivity contribution in [2.24, 2.45) is 5.92 Å². The first-order valence-corrected chi connectivity index (χ1v) is 5.35. The maximum Gasteiger partial charge on any atom is 0.157 e. The van der Waals surface area contributed by atoms with E-state index in [-0.39, 0.29) is 6.29 Å². The van der Waals surface area contributed by atoms with E-state index in [1.807, 2.05) is 0 Å². The number of hydrogen-bond acceptors (Lipinski definition) is 2. The second-order valence-electron chi connectivity index (χ2n) is 3.90. The van der Waals surface area contributed by atoms with Crippen molar-refractivity contribution in [3.8, 4) is 0 Å². The van der Waals surface area contributed by atoms with Crippen molar-refractivity contribution >= 4 is 0 Å². The van der Waals surface area contributed by atoms with E-state index in [1.54, 1.807) is 0 Å². The Labute approximate surface area is 79.9 Å². The summed E-state index contributed by atoms with van der Waals surface area (Å²) in [4.78, 5) is 0. The third-order valence-electron chi connectivity index (χ3n) is 2.74. The first-order valence-electron chi connectivity index (χ1n) is 5.35. The largest absolute Gasteiger partial charge is 0.353 e. The van der Waals surface area contributed by atoms with E-state index in [2.05, 4.69) is 12.2 Å². The van der Waals surface area contributed by atoms with Crippen LogP contribution in [0, 0.1) is 5.92 Å². The highest BCUT2D eigenvalue weighted by atomic mass is 16.7. The summed E-state index contributed by atoms with van der Waals surface area (Å²) in [6.45, 7) is 1.73. The minimum Gasteiger partial charge on any atom is -0.353 e. The standard InChI is InChI=1S/C11H18O2/c1-2-5-10(6-3-1)9-13-11-7-4-8-12-11/h2,5,10-11H,1,3-4,6-9H2. The van der Waals surface area contributed by atoms with Crippen LogP contribution in [0.3, 0.4) is 0 Å². The fraction of sp³-hybridized carbons (Fsp3) is 0.818. The van der Waals surface area contributed by atoms with Crippen molar-refractivity contribution in [1.29, 1.82) is 0 Å². The van der Waals surface area contributed by atoms with Crippen LogP contribution in [0.25, 0.3) is 0 Å². The van der Waals surface area contributed by atoms with Crippen molar-refractivity contribution in [2.45, 2.75) is 38.4 Å². The van der Waals surface area contributed by atoms with E-state index in [1.165, 1.54) is 19.3 Å². The summed E-state index contributed by atoms with van der Waals surface area (Å²) in [5, 5.41) is 0. The van der Waals surface area contributed by atoms with E-state index < -0.39 is 0 Å². The zero-order chi connectivity index (χ0) is 8.93. The van der Waals surface area contributed by atoms with Gasteiger partial charge in [-0.15, -0.1) is 0 Å². The molecular formula is C11H18O2. The Kier molecular flexibility index (Phi) is 3.39. The molecule has 1 saturated heterocycles. The molecule has 0 aromatic carbocycles. The maximum absolute atomic E-state index is 5.67. The van der Waals surface area contributed by atoms with Gasteiger partial charge in [0.2, 0.25) is 0 Å². The summed E-state index contributed by atoms with van der Waals surface area (Å²) in [5.41, 5.74) is 0. The number of hydrogen-bond donors (Lipinski definition) is 0. The quantitative estimate of drug-likeness (QED) is 0.624. The molecule has 2 unspecified atom stereocenters. The highest BCUT2D eigenvalue weighted by Gasteiger charge is 2.17. The highest BCUT2D eigenvalue weighted by Crippen LogP contribution is 2.20. The summed E-state index contributed by atoms with van der Waals surface area (Å²) >= 11 is 0.